The number of carbonyl (C=O) groups is 1. The second kappa shape index (κ2) is 7.11. The number of thioether (sulfide) groups is 2. The van der Waals surface area contributed by atoms with Crippen LogP contribution in [0.15, 0.2) is 54.1 Å². The van der Waals surface area contributed by atoms with Gasteiger partial charge in [-0.1, -0.05) is 30.4 Å². The molecule has 1 aliphatic heterocycles. The van der Waals surface area contributed by atoms with Gasteiger partial charge in [0.1, 0.15) is 5.75 Å². The molecule has 0 aromatic heterocycles. The number of hydrogen-bond donors (Lipinski definition) is 1. The van der Waals surface area contributed by atoms with Gasteiger partial charge in [-0.15, -0.1) is 23.5 Å². The van der Waals surface area contributed by atoms with E-state index >= 15 is 0 Å². The minimum atomic E-state index is -0.939. The van der Waals surface area contributed by atoms with Gasteiger partial charge in [-0.05, 0) is 42.7 Å². The second-order valence-electron chi connectivity index (χ2n) is 4.77. The fraction of sp³-hybridized carbons (Fsp3) is 0.235. The normalized spacial score (nSPS) is 16.9. The van der Waals surface area contributed by atoms with Crippen LogP contribution in [0.4, 0.5) is 0 Å². The van der Waals surface area contributed by atoms with Crippen LogP contribution in [-0.2, 0) is 4.79 Å². The predicted molar refractivity (Wildman–Crippen MR) is 95.3 cm³/mol. The van der Waals surface area contributed by atoms with Gasteiger partial charge in [0.2, 0.25) is 4.27 Å². The van der Waals surface area contributed by atoms with Crippen molar-refractivity contribution in [2.45, 2.75) is 11.2 Å². The second-order valence-corrected chi connectivity index (χ2v) is 7.06. The molecule has 116 valence electrons. The Morgan fingerprint density at radius 1 is 1.27 bits per heavy atom. The molecule has 2 rings (SSSR count). The lowest BCUT2D eigenvalue weighted by Crippen LogP contribution is -2.28. The summed E-state index contributed by atoms with van der Waals surface area (Å²) in [4.78, 5) is 10.7. The number of benzene rings is 1. The Hall–Kier alpha value is -1.59. The van der Waals surface area contributed by atoms with E-state index in [0.717, 1.165) is 16.9 Å². The summed E-state index contributed by atoms with van der Waals surface area (Å²) >= 11 is 3.25. The Balaban J connectivity index is 2.43. The first-order chi connectivity index (χ1) is 10.5. The number of carboxylic acids is 1. The van der Waals surface area contributed by atoms with Crippen molar-refractivity contribution < 1.29 is 14.6 Å². The molecule has 0 spiro atoms. The number of carboxylic acid groups (broad SMARTS) is 1. The van der Waals surface area contributed by atoms with Crippen LogP contribution in [0.2, 0.25) is 0 Å². The molecule has 1 heterocycles. The highest BCUT2D eigenvalue weighted by molar-refractivity contribution is 8.17. The van der Waals surface area contributed by atoms with Crippen LogP contribution >= 0.6 is 23.5 Å². The monoisotopic (exact) mass is 334 g/mol. The molecular formula is C17H18O3S2. The maximum absolute atomic E-state index is 10.7. The fourth-order valence-electron chi connectivity index (χ4n) is 2.13. The molecule has 3 nitrogen and oxygen atoms in total. The van der Waals surface area contributed by atoms with Crippen molar-refractivity contribution >= 4 is 35.1 Å². The number of para-hydroxylation sites is 1. The molecule has 1 aliphatic rings. The highest BCUT2D eigenvalue weighted by Crippen LogP contribution is 2.46. The number of hydrogen-bond acceptors (Lipinski definition) is 4. The smallest absolute Gasteiger partial charge is 0.328 e. The first-order valence-corrected chi connectivity index (χ1v) is 9.15. The predicted octanol–water partition coefficient (Wildman–Crippen LogP) is 4.43. The molecule has 0 bridgehead atoms. The molecular weight excluding hydrogens is 316 g/mol. The van der Waals surface area contributed by atoms with Crippen LogP contribution < -0.4 is 4.74 Å². The summed E-state index contributed by atoms with van der Waals surface area (Å²) in [7, 11) is 0. The third kappa shape index (κ3) is 3.78. The molecule has 0 saturated heterocycles. The molecule has 1 N–H and O–H groups in total. The van der Waals surface area contributed by atoms with Crippen molar-refractivity contribution in [3.63, 3.8) is 0 Å². The summed E-state index contributed by atoms with van der Waals surface area (Å²) in [6.45, 7) is 1.77. The van der Waals surface area contributed by atoms with Crippen LogP contribution in [0.1, 0.15) is 12.5 Å². The van der Waals surface area contributed by atoms with Crippen molar-refractivity contribution in [3.05, 3.63) is 59.7 Å². The largest absolute Gasteiger partial charge is 0.478 e. The zero-order valence-corrected chi connectivity index (χ0v) is 14.3. The number of ether oxygens (including phenoxy) is 1. The topological polar surface area (TPSA) is 46.5 Å². The lowest BCUT2D eigenvalue weighted by molar-refractivity contribution is -0.131. The van der Waals surface area contributed by atoms with Crippen LogP contribution in [-0.4, -0.2) is 27.9 Å². The molecule has 1 aromatic carbocycles. The lowest BCUT2D eigenvalue weighted by Gasteiger charge is -2.33. The van der Waals surface area contributed by atoms with Crippen LogP contribution in [0.3, 0.4) is 0 Å². The summed E-state index contributed by atoms with van der Waals surface area (Å²) in [5.41, 5.74) is 2.74. The Morgan fingerprint density at radius 2 is 1.95 bits per heavy atom. The zero-order valence-electron chi connectivity index (χ0n) is 12.7. The summed E-state index contributed by atoms with van der Waals surface area (Å²) in [5.74, 6) is -0.0979. The standard InChI is InChI=1S/C17H18O3S2/c1-12(10-16(18)19)8-9-13-11-17(21-2,22-3)20-15-7-5-4-6-14(13)15/h4-11H,1-3H3,(H,18,19)/b9-8+,12-10+. The number of rotatable bonds is 5. The Kier molecular flexibility index (Phi) is 5.42. The van der Waals surface area contributed by atoms with E-state index in [0.29, 0.717) is 5.57 Å². The summed E-state index contributed by atoms with van der Waals surface area (Å²) in [5, 5.41) is 8.79. The highest BCUT2D eigenvalue weighted by Gasteiger charge is 2.33. The first-order valence-electron chi connectivity index (χ1n) is 6.70. The van der Waals surface area contributed by atoms with E-state index in [-0.39, 0.29) is 0 Å². The fourth-order valence-corrected chi connectivity index (χ4v) is 3.63. The summed E-state index contributed by atoms with van der Waals surface area (Å²) in [6, 6.07) is 7.88. The average molecular weight is 334 g/mol. The van der Waals surface area contributed by atoms with E-state index in [1.807, 2.05) is 48.9 Å². The van der Waals surface area contributed by atoms with E-state index < -0.39 is 10.2 Å². The van der Waals surface area contributed by atoms with Crippen LogP contribution in [0.5, 0.6) is 5.75 Å². The average Bonchev–Trinajstić information content (AvgIpc) is 2.51. The Morgan fingerprint density at radius 3 is 2.59 bits per heavy atom. The van der Waals surface area contributed by atoms with Gasteiger partial charge in [0.15, 0.2) is 0 Å². The van der Waals surface area contributed by atoms with Gasteiger partial charge < -0.3 is 9.84 Å². The molecule has 0 fully saturated rings. The molecule has 0 aliphatic carbocycles. The highest BCUT2D eigenvalue weighted by atomic mass is 32.2. The van der Waals surface area contributed by atoms with Crippen molar-refractivity contribution in [2.24, 2.45) is 0 Å². The maximum atomic E-state index is 10.7. The molecule has 0 amide bonds. The molecule has 0 unspecified atom stereocenters. The molecule has 0 radical (unpaired) electrons. The Bertz CT molecular complexity index is 656. The summed E-state index contributed by atoms with van der Waals surface area (Å²) in [6.07, 6.45) is 11.0. The third-order valence-corrected chi connectivity index (χ3v) is 5.77. The van der Waals surface area contributed by atoms with Crippen molar-refractivity contribution in [1.82, 2.24) is 0 Å². The van der Waals surface area contributed by atoms with Crippen molar-refractivity contribution in [1.29, 1.82) is 0 Å². The quantitative estimate of drug-likeness (QED) is 0.490. The number of allylic oxidation sites excluding steroid dienone is 4. The minimum Gasteiger partial charge on any atom is -0.478 e. The molecule has 22 heavy (non-hydrogen) atoms. The lowest BCUT2D eigenvalue weighted by atomic mass is 10.0. The van der Waals surface area contributed by atoms with E-state index in [1.54, 1.807) is 30.4 Å². The van der Waals surface area contributed by atoms with E-state index in [4.69, 9.17) is 9.84 Å². The van der Waals surface area contributed by atoms with Gasteiger partial charge in [0.05, 0.1) is 0 Å². The van der Waals surface area contributed by atoms with Gasteiger partial charge in [0.25, 0.3) is 0 Å². The number of aliphatic carboxylic acids is 1. The van der Waals surface area contributed by atoms with E-state index in [2.05, 4.69) is 6.08 Å². The minimum absolute atomic E-state index is 0.460. The molecule has 0 saturated carbocycles. The van der Waals surface area contributed by atoms with Gasteiger partial charge >= 0.3 is 5.97 Å². The molecule has 1 aromatic rings. The van der Waals surface area contributed by atoms with Crippen LogP contribution in [0.25, 0.3) is 5.57 Å². The number of fused-ring (bicyclic) bond motifs is 1. The molecule has 5 heteroatoms. The van der Waals surface area contributed by atoms with Gasteiger partial charge in [-0.25, -0.2) is 4.79 Å². The zero-order chi connectivity index (χ0) is 16.2. The van der Waals surface area contributed by atoms with Crippen molar-refractivity contribution in [2.75, 3.05) is 12.5 Å². The SMILES string of the molecule is CSC1(SC)C=C(/C=C/C(C)=C/C(=O)O)c2ccccc2O1. The molecule has 0 atom stereocenters. The van der Waals surface area contributed by atoms with Gasteiger partial charge in [-0.2, -0.15) is 0 Å². The van der Waals surface area contributed by atoms with Crippen LogP contribution in [0, 0.1) is 0 Å². The van der Waals surface area contributed by atoms with Gasteiger partial charge in [0, 0.05) is 11.6 Å². The van der Waals surface area contributed by atoms with Gasteiger partial charge in [-0.3, -0.25) is 0 Å². The van der Waals surface area contributed by atoms with E-state index in [1.165, 1.54) is 6.08 Å². The van der Waals surface area contributed by atoms with E-state index in [9.17, 15) is 4.79 Å². The van der Waals surface area contributed by atoms with Crippen molar-refractivity contribution in [3.8, 4) is 5.75 Å². The third-order valence-electron chi connectivity index (χ3n) is 3.23. The maximum Gasteiger partial charge on any atom is 0.328 e. The Labute approximate surface area is 139 Å². The first kappa shape index (κ1) is 16.8. The summed E-state index contributed by atoms with van der Waals surface area (Å²) < 4.78 is 5.67.